The number of hydrogen-bond donors (Lipinski definition) is 3. The minimum Gasteiger partial charge on any atom is -0.478 e. The van der Waals surface area contributed by atoms with E-state index in [0.29, 0.717) is 35.6 Å². The van der Waals surface area contributed by atoms with Gasteiger partial charge in [0, 0.05) is 36.3 Å². The van der Waals surface area contributed by atoms with Crippen molar-refractivity contribution in [1.29, 1.82) is 0 Å². The maximum absolute atomic E-state index is 13.6. The summed E-state index contributed by atoms with van der Waals surface area (Å²) in [6, 6.07) is 8.89. The van der Waals surface area contributed by atoms with Gasteiger partial charge in [-0.05, 0) is 41.7 Å². The monoisotopic (exact) mass is 622 g/mol. The number of methoxy groups -OCH3 is 1. The Hall–Kier alpha value is -3.75. The van der Waals surface area contributed by atoms with Crippen LogP contribution < -0.4 is 10.1 Å². The van der Waals surface area contributed by atoms with Gasteiger partial charge in [-0.25, -0.2) is 9.78 Å². The van der Waals surface area contributed by atoms with Crippen molar-refractivity contribution in [2.24, 2.45) is 5.92 Å². The number of hydrogen-bond acceptors (Lipinski definition) is 7. The van der Waals surface area contributed by atoms with Crippen molar-refractivity contribution >= 4 is 22.7 Å². The van der Waals surface area contributed by atoms with Gasteiger partial charge < -0.3 is 24.5 Å². The van der Waals surface area contributed by atoms with Gasteiger partial charge in [-0.2, -0.15) is 0 Å². The van der Waals surface area contributed by atoms with Crippen molar-refractivity contribution in [3.8, 4) is 28.1 Å². The number of carbonyl (C=O) groups excluding carboxylic acids is 1. The molecule has 1 aliphatic heterocycles. The number of carboxylic acid groups (broad SMARTS) is 1. The molecule has 1 fully saturated rings. The van der Waals surface area contributed by atoms with Crippen molar-refractivity contribution in [1.82, 2.24) is 20.2 Å². The van der Waals surface area contributed by atoms with E-state index in [4.69, 9.17) is 4.74 Å². The third kappa shape index (κ3) is 7.61. The van der Waals surface area contributed by atoms with E-state index in [0.717, 1.165) is 6.07 Å². The molecule has 0 spiro atoms. The average molecular weight is 623 g/mol. The number of aromatic nitrogens is 2. The highest BCUT2D eigenvalue weighted by Gasteiger charge is 2.42. The van der Waals surface area contributed by atoms with Crippen LogP contribution in [-0.2, 0) is 20.3 Å². The number of carboxylic acids is 1. The minimum atomic E-state index is -5.01. The van der Waals surface area contributed by atoms with E-state index >= 15 is 0 Å². The lowest BCUT2D eigenvalue weighted by Crippen LogP contribution is -2.50. The Morgan fingerprint density at radius 3 is 2.44 bits per heavy atom. The number of H-pyrrole nitrogens is 1. The maximum atomic E-state index is 13.6. The minimum absolute atomic E-state index is 0.0254. The number of nitrogens with zero attached hydrogens (tertiary/aromatic N) is 2. The molecule has 1 amide bonds. The van der Waals surface area contributed by atoms with E-state index in [9.17, 15) is 32.1 Å². The van der Waals surface area contributed by atoms with Crippen molar-refractivity contribution in [2.45, 2.75) is 44.0 Å². The van der Waals surface area contributed by atoms with Crippen LogP contribution in [0.3, 0.4) is 0 Å². The summed E-state index contributed by atoms with van der Waals surface area (Å²) in [5.74, 6) is -1.65. The summed E-state index contributed by atoms with van der Waals surface area (Å²) in [4.78, 5) is 34.4. The Kier molecular flexibility index (Phi) is 9.93. The molecule has 0 saturated carbocycles. The highest BCUT2D eigenvalue weighted by atomic mass is 32.2. The van der Waals surface area contributed by atoms with E-state index in [1.807, 2.05) is 13.8 Å². The van der Waals surface area contributed by atoms with Crippen LogP contribution in [0.1, 0.15) is 42.5 Å². The molecule has 0 bridgehead atoms. The van der Waals surface area contributed by atoms with Crippen LogP contribution in [0, 0.1) is 5.92 Å². The molecule has 1 saturated heterocycles. The van der Waals surface area contributed by atoms with E-state index < -0.39 is 41.0 Å². The first-order valence-corrected chi connectivity index (χ1v) is 15.0. The topological polar surface area (TPSA) is 134 Å². The number of aromatic amines is 1. The number of rotatable bonds is 11. The van der Waals surface area contributed by atoms with Gasteiger partial charge in [0.1, 0.15) is 11.6 Å². The predicted molar refractivity (Wildman–Crippen MR) is 154 cm³/mol. The zero-order chi connectivity index (χ0) is 31.5. The van der Waals surface area contributed by atoms with Gasteiger partial charge in [-0.15, -0.1) is 13.2 Å². The summed E-state index contributed by atoms with van der Waals surface area (Å²) in [5, 5.41) is 12.1. The number of amides is 1. The Balaban J connectivity index is 1.61. The Morgan fingerprint density at radius 1 is 1.19 bits per heavy atom. The second kappa shape index (κ2) is 13.3. The Labute approximate surface area is 249 Å². The molecule has 2 aromatic carbocycles. The smallest absolute Gasteiger partial charge is 0.478 e. The molecule has 4 atom stereocenters. The van der Waals surface area contributed by atoms with Crippen LogP contribution in [0.5, 0.6) is 5.75 Å². The highest BCUT2D eigenvalue weighted by Crippen LogP contribution is 2.37. The number of benzene rings is 2. The van der Waals surface area contributed by atoms with Crippen LogP contribution in [0.15, 0.2) is 48.7 Å². The lowest BCUT2D eigenvalue weighted by Gasteiger charge is -2.30. The number of halogens is 3. The molecule has 14 heteroatoms. The summed E-state index contributed by atoms with van der Waals surface area (Å²) in [7, 11) is 0.374. The molecule has 1 aromatic heterocycles. The quantitative estimate of drug-likeness (QED) is 0.265. The summed E-state index contributed by atoms with van der Waals surface area (Å²) >= 11 is 0. The van der Waals surface area contributed by atoms with Crippen molar-refractivity contribution < 1.29 is 41.5 Å². The molecule has 1 aliphatic rings. The molecule has 43 heavy (non-hydrogen) atoms. The molecule has 2 heterocycles. The molecule has 0 radical (unpaired) electrons. The normalized spacial score (nSPS) is 18.6. The fraction of sp³-hybridized carbons (Fsp3) is 0.414. The molecule has 3 aromatic rings. The second-order valence-electron chi connectivity index (χ2n) is 10.5. The first-order valence-electron chi connectivity index (χ1n) is 13.4. The Bertz CT molecular complexity index is 1480. The fourth-order valence-corrected chi connectivity index (χ4v) is 5.91. The fourth-order valence-electron chi connectivity index (χ4n) is 5.09. The predicted octanol–water partition coefficient (Wildman–Crippen LogP) is 4.58. The zero-order valence-electron chi connectivity index (χ0n) is 24.0. The van der Waals surface area contributed by atoms with Gasteiger partial charge in [-0.1, -0.05) is 38.1 Å². The molecule has 0 aliphatic carbocycles. The summed E-state index contributed by atoms with van der Waals surface area (Å²) < 4.78 is 60.7. The van der Waals surface area contributed by atoms with Gasteiger partial charge in [0.05, 0.1) is 41.5 Å². The van der Waals surface area contributed by atoms with Gasteiger partial charge in [0.25, 0.3) is 0 Å². The van der Waals surface area contributed by atoms with Gasteiger partial charge in [0.2, 0.25) is 5.91 Å². The average Bonchev–Trinajstić information content (AvgIpc) is 3.60. The molecule has 232 valence electrons. The number of nitrogens with one attached hydrogen (secondary N) is 2. The number of aromatic carboxylic acids is 1. The van der Waals surface area contributed by atoms with Crippen molar-refractivity contribution in [3.05, 3.63) is 60.0 Å². The second-order valence-corrected chi connectivity index (χ2v) is 12.2. The van der Waals surface area contributed by atoms with Gasteiger partial charge in [-0.3, -0.25) is 14.3 Å². The van der Waals surface area contributed by atoms with Crippen molar-refractivity contribution in [2.75, 3.05) is 26.6 Å². The number of imidazole rings is 1. The standard InChI is InChI=1S/C29H33F3N4O6S/c1-16(2)25(34-15-41-3)27(37)36-14-20(43(4)40)12-23(36)26-33-13-22(35-26)18-7-5-17(6-8-18)21-10-9-19(28(38)39)11-24(21)42-29(30,31)32/h5-11,13,16,20,23,25,34H,12,14-15H2,1-4H3,(H,33,35)(H,38,39). The van der Waals surface area contributed by atoms with Crippen LogP contribution in [-0.4, -0.2) is 80.4 Å². The van der Waals surface area contributed by atoms with Crippen LogP contribution in [0.4, 0.5) is 13.2 Å². The van der Waals surface area contributed by atoms with Crippen LogP contribution in [0.25, 0.3) is 22.4 Å². The van der Waals surface area contributed by atoms with E-state index in [2.05, 4.69) is 20.0 Å². The third-order valence-electron chi connectivity index (χ3n) is 7.27. The number of carbonyl (C=O) groups is 2. The van der Waals surface area contributed by atoms with E-state index in [1.54, 1.807) is 41.6 Å². The first-order chi connectivity index (χ1) is 20.3. The largest absolute Gasteiger partial charge is 0.573 e. The highest BCUT2D eigenvalue weighted by molar-refractivity contribution is 7.84. The SMILES string of the molecule is COCNC(C(=O)N1CC(S(C)=O)CC1c1ncc(-c2ccc(-c3ccc(C(=O)O)cc3OC(F)(F)F)cc2)[nH]1)C(C)C. The molecule has 4 rings (SSSR count). The molecule has 10 nitrogen and oxygen atoms in total. The van der Waals surface area contributed by atoms with Crippen molar-refractivity contribution in [3.63, 3.8) is 0 Å². The molecule has 3 N–H and O–H groups in total. The van der Waals surface area contributed by atoms with Gasteiger partial charge in [0.15, 0.2) is 0 Å². The number of ether oxygens (including phenoxy) is 2. The van der Waals surface area contributed by atoms with Crippen LogP contribution in [0.2, 0.25) is 0 Å². The Morgan fingerprint density at radius 2 is 1.86 bits per heavy atom. The summed E-state index contributed by atoms with van der Waals surface area (Å²) in [5.41, 5.74) is 1.40. The lowest BCUT2D eigenvalue weighted by atomic mass is 10.0. The molecular weight excluding hydrogens is 589 g/mol. The molecular formula is C29H33F3N4O6S. The number of alkyl halides is 3. The number of likely N-dealkylation sites (tertiary alicyclic amines) is 1. The third-order valence-corrected chi connectivity index (χ3v) is 8.55. The first kappa shape index (κ1) is 32.2. The van der Waals surface area contributed by atoms with E-state index in [-0.39, 0.29) is 34.9 Å². The zero-order valence-corrected chi connectivity index (χ0v) is 24.8. The van der Waals surface area contributed by atoms with E-state index in [1.165, 1.54) is 19.2 Å². The summed E-state index contributed by atoms with van der Waals surface area (Å²) in [6.45, 7) is 4.38. The van der Waals surface area contributed by atoms with Crippen LogP contribution >= 0.6 is 0 Å². The maximum Gasteiger partial charge on any atom is 0.573 e. The molecule has 4 unspecified atom stereocenters. The summed E-state index contributed by atoms with van der Waals surface area (Å²) in [6.07, 6.45) is -1.32. The van der Waals surface area contributed by atoms with Gasteiger partial charge >= 0.3 is 12.3 Å². The lowest BCUT2D eigenvalue weighted by molar-refractivity contribution is -0.274.